The Morgan fingerprint density at radius 3 is 2.68 bits per heavy atom. The molecule has 1 fully saturated rings. The minimum atomic E-state index is -3.64. The molecule has 0 saturated carbocycles. The quantitative estimate of drug-likeness (QED) is 0.901. The Bertz CT molecular complexity index is 742. The Labute approximate surface area is 127 Å². The first-order valence-corrected chi connectivity index (χ1v) is 8.42. The van der Waals surface area contributed by atoms with Gasteiger partial charge in [0, 0.05) is 13.1 Å². The number of nitrogens with one attached hydrogen (secondary N) is 1. The molecular formula is C14H16N2O5S. The van der Waals surface area contributed by atoms with E-state index in [0.717, 1.165) is 12.8 Å². The van der Waals surface area contributed by atoms with E-state index in [1.165, 1.54) is 22.7 Å². The molecule has 0 aliphatic carbocycles. The summed E-state index contributed by atoms with van der Waals surface area (Å²) in [6.45, 7) is 1.19. The molecule has 1 aliphatic rings. The van der Waals surface area contributed by atoms with Crippen molar-refractivity contribution in [3.63, 3.8) is 0 Å². The smallest absolute Gasteiger partial charge is 0.287 e. The molecule has 1 N–H and O–H groups in total. The van der Waals surface area contributed by atoms with Gasteiger partial charge in [-0.15, -0.1) is 0 Å². The molecule has 2 aromatic heterocycles. The first-order chi connectivity index (χ1) is 10.6. The molecule has 0 aromatic carbocycles. The molecule has 118 valence electrons. The maximum atomic E-state index is 12.3. The summed E-state index contributed by atoms with van der Waals surface area (Å²) in [4.78, 5) is 11.9. The maximum Gasteiger partial charge on any atom is 0.287 e. The second kappa shape index (κ2) is 5.98. The number of hydrogen-bond donors (Lipinski definition) is 1. The van der Waals surface area contributed by atoms with Gasteiger partial charge in [0.2, 0.25) is 5.09 Å². The molecule has 22 heavy (non-hydrogen) atoms. The van der Waals surface area contributed by atoms with Crippen LogP contribution in [0.15, 0.2) is 44.5 Å². The van der Waals surface area contributed by atoms with E-state index >= 15 is 0 Å². The fraction of sp³-hybridized carbons (Fsp3) is 0.357. The molecule has 3 heterocycles. The number of rotatable bonds is 5. The third-order valence-electron chi connectivity index (χ3n) is 3.47. The largest absolute Gasteiger partial charge is 0.467 e. The van der Waals surface area contributed by atoms with Gasteiger partial charge in [-0.25, -0.2) is 8.42 Å². The van der Waals surface area contributed by atoms with E-state index in [2.05, 4.69) is 5.32 Å². The molecule has 0 radical (unpaired) electrons. The molecule has 1 amide bonds. The zero-order valence-corrected chi connectivity index (χ0v) is 12.6. The maximum absolute atomic E-state index is 12.3. The Morgan fingerprint density at radius 2 is 2.00 bits per heavy atom. The van der Waals surface area contributed by atoms with Crippen LogP contribution >= 0.6 is 0 Å². The summed E-state index contributed by atoms with van der Waals surface area (Å²) < 4.78 is 36.3. The highest BCUT2D eigenvalue weighted by molar-refractivity contribution is 7.89. The summed E-state index contributed by atoms with van der Waals surface area (Å²) in [6.07, 6.45) is 3.20. The van der Waals surface area contributed by atoms with E-state index < -0.39 is 15.9 Å². The molecule has 1 saturated heterocycles. The van der Waals surface area contributed by atoms with Crippen molar-refractivity contribution in [3.8, 4) is 0 Å². The number of furan rings is 2. The minimum absolute atomic E-state index is 0.0377. The summed E-state index contributed by atoms with van der Waals surface area (Å²) >= 11 is 0. The number of sulfonamides is 1. The van der Waals surface area contributed by atoms with Gasteiger partial charge >= 0.3 is 0 Å². The molecule has 7 nitrogen and oxygen atoms in total. The number of carbonyl (C=O) groups excluding carboxylic acids is 1. The van der Waals surface area contributed by atoms with Crippen LogP contribution in [0.4, 0.5) is 0 Å². The third kappa shape index (κ3) is 2.93. The summed E-state index contributed by atoms with van der Waals surface area (Å²) in [5, 5.41) is 2.40. The van der Waals surface area contributed by atoms with Gasteiger partial charge in [-0.2, -0.15) is 4.31 Å². The molecule has 0 atom stereocenters. The summed E-state index contributed by atoms with van der Waals surface area (Å²) in [5.41, 5.74) is 0. The van der Waals surface area contributed by atoms with Crippen LogP contribution in [0.1, 0.15) is 29.2 Å². The predicted molar refractivity (Wildman–Crippen MR) is 76.6 cm³/mol. The molecular weight excluding hydrogens is 308 g/mol. The van der Waals surface area contributed by atoms with Gasteiger partial charge in [0.05, 0.1) is 12.8 Å². The van der Waals surface area contributed by atoms with Crippen LogP contribution in [0.25, 0.3) is 0 Å². The van der Waals surface area contributed by atoms with Gasteiger partial charge in [-0.05, 0) is 37.1 Å². The van der Waals surface area contributed by atoms with Gasteiger partial charge < -0.3 is 14.2 Å². The zero-order chi connectivity index (χ0) is 15.6. The van der Waals surface area contributed by atoms with Gasteiger partial charge in [0.15, 0.2) is 5.76 Å². The van der Waals surface area contributed by atoms with E-state index in [4.69, 9.17) is 8.83 Å². The first kappa shape index (κ1) is 14.9. The lowest BCUT2D eigenvalue weighted by molar-refractivity contribution is 0.0914. The summed E-state index contributed by atoms with van der Waals surface area (Å²) in [6, 6.07) is 6.12. The lowest BCUT2D eigenvalue weighted by atomic mass is 10.4. The van der Waals surface area contributed by atoms with Crippen molar-refractivity contribution in [2.75, 3.05) is 13.1 Å². The van der Waals surface area contributed by atoms with Crippen LogP contribution in [0.5, 0.6) is 0 Å². The van der Waals surface area contributed by atoms with E-state index in [-0.39, 0.29) is 17.4 Å². The van der Waals surface area contributed by atoms with Crippen LogP contribution in [0.3, 0.4) is 0 Å². The Hall–Kier alpha value is -2.06. The highest BCUT2D eigenvalue weighted by Gasteiger charge is 2.30. The van der Waals surface area contributed by atoms with Crippen molar-refractivity contribution >= 4 is 15.9 Å². The van der Waals surface area contributed by atoms with Crippen molar-refractivity contribution in [1.82, 2.24) is 9.62 Å². The van der Waals surface area contributed by atoms with Crippen molar-refractivity contribution in [2.24, 2.45) is 0 Å². The molecule has 2 aromatic rings. The molecule has 0 spiro atoms. The summed E-state index contributed by atoms with van der Waals surface area (Å²) in [5.74, 6) is 0.0772. The van der Waals surface area contributed by atoms with E-state index in [1.807, 2.05) is 0 Å². The van der Waals surface area contributed by atoms with Crippen molar-refractivity contribution in [3.05, 3.63) is 42.0 Å². The van der Waals surface area contributed by atoms with E-state index in [1.54, 1.807) is 12.1 Å². The van der Waals surface area contributed by atoms with Crippen LogP contribution < -0.4 is 5.32 Å². The number of amides is 1. The standard InChI is InChI=1S/C14H16N2O5S/c17-14(15-10-11-4-3-9-20-11)12-5-6-13(21-12)22(18,19)16-7-1-2-8-16/h3-6,9H,1-2,7-8,10H2,(H,15,17). The second-order valence-corrected chi connectivity index (χ2v) is 6.86. The third-order valence-corrected chi connectivity index (χ3v) is 5.24. The lowest BCUT2D eigenvalue weighted by Gasteiger charge is -2.12. The fourth-order valence-corrected chi connectivity index (χ4v) is 3.73. The Balaban J connectivity index is 1.69. The highest BCUT2D eigenvalue weighted by atomic mass is 32.2. The lowest BCUT2D eigenvalue weighted by Crippen LogP contribution is -2.27. The Morgan fingerprint density at radius 1 is 1.23 bits per heavy atom. The zero-order valence-electron chi connectivity index (χ0n) is 11.8. The average molecular weight is 324 g/mol. The van der Waals surface area contributed by atoms with Gasteiger partial charge in [0.1, 0.15) is 5.76 Å². The number of nitrogens with zero attached hydrogens (tertiary/aromatic N) is 1. The predicted octanol–water partition coefficient (Wildman–Crippen LogP) is 1.59. The molecule has 1 aliphatic heterocycles. The van der Waals surface area contributed by atoms with Gasteiger partial charge in [-0.3, -0.25) is 4.79 Å². The average Bonchev–Trinajstić information content (AvgIpc) is 3.27. The van der Waals surface area contributed by atoms with Gasteiger partial charge in [0.25, 0.3) is 15.9 Å². The van der Waals surface area contributed by atoms with Crippen LogP contribution in [0.2, 0.25) is 0 Å². The van der Waals surface area contributed by atoms with Crippen LogP contribution in [-0.4, -0.2) is 31.7 Å². The van der Waals surface area contributed by atoms with Crippen molar-refractivity contribution < 1.29 is 22.0 Å². The van der Waals surface area contributed by atoms with Crippen LogP contribution in [0, 0.1) is 0 Å². The van der Waals surface area contributed by atoms with E-state index in [9.17, 15) is 13.2 Å². The molecule has 3 rings (SSSR count). The monoisotopic (exact) mass is 324 g/mol. The normalized spacial score (nSPS) is 16.0. The van der Waals surface area contributed by atoms with Crippen molar-refractivity contribution in [1.29, 1.82) is 0 Å². The SMILES string of the molecule is O=C(NCc1ccco1)c1ccc(S(=O)(=O)N2CCCC2)o1. The number of hydrogen-bond acceptors (Lipinski definition) is 5. The topological polar surface area (TPSA) is 92.8 Å². The highest BCUT2D eigenvalue weighted by Crippen LogP contribution is 2.22. The van der Waals surface area contributed by atoms with Gasteiger partial charge in [-0.1, -0.05) is 0 Å². The van der Waals surface area contributed by atoms with Crippen molar-refractivity contribution in [2.45, 2.75) is 24.5 Å². The van der Waals surface area contributed by atoms with Crippen LogP contribution in [-0.2, 0) is 16.6 Å². The first-order valence-electron chi connectivity index (χ1n) is 6.98. The molecule has 0 unspecified atom stereocenters. The minimum Gasteiger partial charge on any atom is -0.467 e. The Kier molecular flexibility index (Phi) is 4.04. The number of carbonyl (C=O) groups is 1. The van der Waals surface area contributed by atoms with E-state index in [0.29, 0.717) is 18.8 Å². The molecule has 8 heteroatoms. The summed E-state index contributed by atoms with van der Waals surface area (Å²) in [7, 11) is -3.64. The fourth-order valence-electron chi connectivity index (χ4n) is 2.30. The second-order valence-electron chi connectivity index (χ2n) is 4.99. The molecule has 0 bridgehead atoms.